The maximum absolute atomic E-state index is 5.92. The molecule has 0 spiro atoms. The smallest absolute Gasteiger partial charge is 0.119 e. The Morgan fingerprint density at radius 3 is 1.84 bits per heavy atom. The number of ether oxygens (including phenoxy) is 3. The first-order valence-electron chi connectivity index (χ1n) is 9.44. The van der Waals surface area contributed by atoms with E-state index in [1.165, 1.54) is 32.1 Å². The first-order chi connectivity index (χ1) is 12.4. The monoisotopic (exact) mass is 340 g/mol. The van der Waals surface area contributed by atoms with Crippen LogP contribution in [0.3, 0.4) is 0 Å². The summed E-state index contributed by atoms with van der Waals surface area (Å²) in [6.45, 7) is 2.15. The van der Waals surface area contributed by atoms with Crippen LogP contribution in [0.15, 0.2) is 54.6 Å². The Morgan fingerprint density at radius 2 is 1.20 bits per heavy atom. The average molecular weight is 340 g/mol. The van der Waals surface area contributed by atoms with Crippen molar-refractivity contribution in [2.75, 3.05) is 19.8 Å². The molecule has 1 saturated carbocycles. The summed E-state index contributed by atoms with van der Waals surface area (Å²) < 4.78 is 17.3. The van der Waals surface area contributed by atoms with Crippen molar-refractivity contribution in [2.24, 2.45) is 5.92 Å². The summed E-state index contributed by atoms with van der Waals surface area (Å²) in [6.07, 6.45) is 7.58. The maximum atomic E-state index is 5.92. The third kappa shape index (κ3) is 6.33. The molecule has 0 saturated heterocycles. The van der Waals surface area contributed by atoms with Gasteiger partial charge in [-0.25, -0.2) is 0 Å². The van der Waals surface area contributed by atoms with E-state index in [1.54, 1.807) is 0 Å². The summed E-state index contributed by atoms with van der Waals surface area (Å²) in [4.78, 5) is 0. The van der Waals surface area contributed by atoms with Crippen LogP contribution in [0.25, 0.3) is 0 Å². The summed E-state index contributed by atoms with van der Waals surface area (Å²) >= 11 is 0. The average Bonchev–Trinajstić information content (AvgIpc) is 2.69. The second-order valence-electron chi connectivity index (χ2n) is 6.65. The Labute approximate surface area is 150 Å². The van der Waals surface area contributed by atoms with Gasteiger partial charge in [-0.1, -0.05) is 37.5 Å². The standard InChI is InChI=1S/C22H28O3/c1-3-8-19(9-4-1)18-25-22-14-12-21(13-15-22)24-17-7-16-23-20-10-5-2-6-11-20/h2,5-6,10-15,19H,1,3-4,7-9,16-18H2. The van der Waals surface area contributed by atoms with Gasteiger partial charge in [0.25, 0.3) is 0 Å². The molecule has 0 N–H and O–H groups in total. The highest BCUT2D eigenvalue weighted by Gasteiger charge is 2.13. The van der Waals surface area contributed by atoms with Crippen LogP contribution in [0, 0.1) is 5.92 Å². The van der Waals surface area contributed by atoms with Crippen LogP contribution in [0.5, 0.6) is 17.2 Å². The quantitative estimate of drug-likeness (QED) is 0.565. The first-order valence-corrected chi connectivity index (χ1v) is 9.44. The molecule has 3 nitrogen and oxygen atoms in total. The van der Waals surface area contributed by atoms with Gasteiger partial charge in [-0.2, -0.15) is 0 Å². The Hall–Kier alpha value is -2.16. The fourth-order valence-electron chi connectivity index (χ4n) is 3.16. The van der Waals surface area contributed by atoms with Gasteiger partial charge in [-0.15, -0.1) is 0 Å². The molecule has 0 aliphatic heterocycles. The predicted octanol–water partition coefficient (Wildman–Crippen LogP) is 5.49. The van der Waals surface area contributed by atoms with Gasteiger partial charge in [0.1, 0.15) is 17.2 Å². The minimum Gasteiger partial charge on any atom is -0.493 e. The molecule has 2 aromatic carbocycles. The number of para-hydroxylation sites is 1. The molecule has 0 heterocycles. The SMILES string of the molecule is c1ccc(OCCCOc2ccc(OCC3CCCCC3)cc2)cc1. The molecule has 0 radical (unpaired) electrons. The molecule has 2 aromatic rings. The minimum absolute atomic E-state index is 0.648. The van der Waals surface area contributed by atoms with Crippen molar-refractivity contribution in [1.29, 1.82) is 0 Å². The van der Waals surface area contributed by atoms with Crippen molar-refractivity contribution in [3.63, 3.8) is 0 Å². The van der Waals surface area contributed by atoms with E-state index >= 15 is 0 Å². The summed E-state index contributed by atoms with van der Waals surface area (Å²) in [7, 11) is 0. The van der Waals surface area contributed by atoms with Crippen LogP contribution in [0.2, 0.25) is 0 Å². The van der Waals surface area contributed by atoms with Crippen molar-refractivity contribution in [3.8, 4) is 17.2 Å². The van der Waals surface area contributed by atoms with E-state index in [-0.39, 0.29) is 0 Å². The normalized spacial score (nSPS) is 14.9. The van der Waals surface area contributed by atoms with Gasteiger partial charge in [-0.3, -0.25) is 0 Å². The van der Waals surface area contributed by atoms with Gasteiger partial charge in [0.2, 0.25) is 0 Å². The highest BCUT2D eigenvalue weighted by atomic mass is 16.5. The minimum atomic E-state index is 0.648. The molecule has 0 bridgehead atoms. The third-order valence-electron chi connectivity index (χ3n) is 4.60. The highest BCUT2D eigenvalue weighted by Crippen LogP contribution is 2.25. The third-order valence-corrected chi connectivity index (χ3v) is 4.60. The van der Waals surface area contributed by atoms with Gasteiger partial charge in [0.15, 0.2) is 0 Å². The Morgan fingerprint density at radius 1 is 0.640 bits per heavy atom. The molecule has 134 valence electrons. The topological polar surface area (TPSA) is 27.7 Å². The van der Waals surface area contributed by atoms with Gasteiger partial charge in [0, 0.05) is 6.42 Å². The summed E-state index contributed by atoms with van der Waals surface area (Å²) in [5, 5.41) is 0. The molecule has 1 aliphatic rings. The van der Waals surface area contributed by atoms with Crippen molar-refractivity contribution < 1.29 is 14.2 Å². The molecule has 25 heavy (non-hydrogen) atoms. The zero-order valence-electron chi connectivity index (χ0n) is 14.9. The molecule has 0 unspecified atom stereocenters. The van der Waals surface area contributed by atoms with Crippen LogP contribution >= 0.6 is 0 Å². The van der Waals surface area contributed by atoms with Gasteiger partial charge in [-0.05, 0) is 55.2 Å². The van der Waals surface area contributed by atoms with E-state index in [2.05, 4.69) is 0 Å². The number of hydrogen-bond acceptors (Lipinski definition) is 3. The number of hydrogen-bond donors (Lipinski definition) is 0. The van der Waals surface area contributed by atoms with Crippen LogP contribution in [-0.2, 0) is 0 Å². The predicted molar refractivity (Wildman–Crippen MR) is 101 cm³/mol. The number of rotatable bonds is 9. The van der Waals surface area contributed by atoms with E-state index in [4.69, 9.17) is 14.2 Å². The molecule has 0 atom stereocenters. The molecule has 1 fully saturated rings. The summed E-state index contributed by atoms with van der Waals surface area (Å²) in [6, 6.07) is 17.8. The zero-order valence-corrected chi connectivity index (χ0v) is 14.9. The van der Waals surface area contributed by atoms with Crippen LogP contribution in [0.4, 0.5) is 0 Å². The second-order valence-corrected chi connectivity index (χ2v) is 6.65. The molecule has 0 amide bonds. The maximum Gasteiger partial charge on any atom is 0.119 e. The van der Waals surface area contributed by atoms with E-state index in [0.717, 1.165) is 36.2 Å². The molecule has 3 heteroatoms. The van der Waals surface area contributed by atoms with Gasteiger partial charge >= 0.3 is 0 Å². The second kappa shape index (κ2) is 9.97. The van der Waals surface area contributed by atoms with Gasteiger partial charge in [0.05, 0.1) is 19.8 Å². The van der Waals surface area contributed by atoms with Crippen LogP contribution in [0.1, 0.15) is 38.5 Å². The fraction of sp³-hybridized carbons (Fsp3) is 0.455. The Bertz CT molecular complexity index is 588. The number of benzene rings is 2. The van der Waals surface area contributed by atoms with Crippen LogP contribution in [-0.4, -0.2) is 19.8 Å². The molecular formula is C22H28O3. The van der Waals surface area contributed by atoms with E-state index < -0.39 is 0 Å². The lowest BCUT2D eigenvalue weighted by Gasteiger charge is -2.21. The lowest BCUT2D eigenvalue weighted by Crippen LogP contribution is -2.15. The van der Waals surface area contributed by atoms with E-state index in [0.29, 0.717) is 13.2 Å². The van der Waals surface area contributed by atoms with Crippen molar-refractivity contribution in [1.82, 2.24) is 0 Å². The molecule has 1 aliphatic carbocycles. The lowest BCUT2D eigenvalue weighted by molar-refractivity contribution is 0.208. The molecular weight excluding hydrogens is 312 g/mol. The Kier molecular flexibility index (Phi) is 7.04. The lowest BCUT2D eigenvalue weighted by atomic mass is 9.90. The molecule has 3 rings (SSSR count). The fourth-order valence-corrected chi connectivity index (χ4v) is 3.16. The van der Waals surface area contributed by atoms with Crippen LogP contribution < -0.4 is 14.2 Å². The van der Waals surface area contributed by atoms with E-state index in [1.807, 2.05) is 54.6 Å². The van der Waals surface area contributed by atoms with E-state index in [9.17, 15) is 0 Å². The van der Waals surface area contributed by atoms with Crippen molar-refractivity contribution in [2.45, 2.75) is 38.5 Å². The first kappa shape index (κ1) is 17.7. The largest absolute Gasteiger partial charge is 0.493 e. The summed E-state index contributed by atoms with van der Waals surface area (Å²) in [5.74, 6) is 3.45. The highest BCUT2D eigenvalue weighted by molar-refractivity contribution is 5.31. The van der Waals surface area contributed by atoms with Gasteiger partial charge < -0.3 is 14.2 Å². The molecule has 0 aromatic heterocycles. The Balaban J connectivity index is 1.30. The zero-order chi connectivity index (χ0) is 17.2. The van der Waals surface area contributed by atoms with Crippen molar-refractivity contribution >= 4 is 0 Å². The van der Waals surface area contributed by atoms with Crippen molar-refractivity contribution in [3.05, 3.63) is 54.6 Å². The summed E-state index contributed by atoms with van der Waals surface area (Å²) in [5.41, 5.74) is 0.